The van der Waals surface area contributed by atoms with Crippen LogP contribution in [0.15, 0.2) is 73.3 Å². The van der Waals surface area contributed by atoms with Crippen molar-refractivity contribution in [1.82, 2.24) is 15.0 Å². The second kappa shape index (κ2) is 6.28. The van der Waals surface area contributed by atoms with Crippen molar-refractivity contribution >= 4 is 38.8 Å². The van der Waals surface area contributed by atoms with E-state index in [1.54, 1.807) is 0 Å². The van der Waals surface area contributed by atoms with Crippen LogP contribution in [0.1, 0.15) is 4.88 Å². The molecule has 5 rings (SSSR count). The molecule has 126 valence electrons. The molecule has 0 saturated carbocycles. The first-order valence-corrected chi connectivity index (χ1v) is 9.28. The number of aromatic nitrogens is 3. The average molecular weight is 356 g/mol. The fourth-order valence-corrected chi connectivity index (χ4v) is 4.24. The number of thiophene rings is 1. The first kappa shape index (κ1) is 15.1. The lowest BCUT2D eigenvalue weighted by Gasteiger charge is -2.08. The number of nitrogens with one attached hydrogen (secondary N) is 2. The van der Waals surface area contributed by atoms with E-state index in [9.17, 15) is 0 Å². The van der Waals surface area contributed by atoms with Crippen molar-refractivity contribution in [2.24, 2.45) is 0 Å². The zero-order valence-electron chi connectivity index (χ0n) is 13.9. The Hall–Kier alpha value is -3.18. The molecule has 0 radical (unpaired) electrons. The molecule has 26 heavy (non-hydrogen) atoms. The number of fused-ring (bicyclic) bond motifs is 2. The van der Waals surface area contributed by atoms with E-state index in [2.05, 4.69) is 68.8 Å². The van der Waals surface area contributed by atoms with Crippen LogP contribution in [0.2, 0.25) is 0 Å². The summed E-state index contributed by atoms with van der Waals surface area (Å²) in [5.41, 5.74) is 3.29. The molecule has 4 aromatic heterocycles. The lowest BCUT2D eigenvalue weighted by atomic mass is 10.1. The largest absolute Gasteiger partial charge is 0.380 e. The summed E-state index contributed by atoms with van der Waals surface area (Å²) in [6.07, 6.45) is 7.53. The molecule has 0 bridgehead atoms. The van der Waals surface area contributed by atoms with Crippen molar-refractivity contribution in [3.63, 3.8) is 0 Å². The summed E-state index contributed by atoms with van der Waals surface area (Å²) in [7, 11) is 0. The van der Waals surface area contributed by atoms with Crippen molar-refractivity contribution < 1.29 is 0 Å². The van der Waals surface area contributed by atoms with Gasteiger partial charge in [0.25, 0.3) is 0 Å². The van der Waals surface area contributed by atoms with Crippen LogP contribution in [-0.4, -0.2) is 15.0 Å². The van der Waals surface area contributed by atoms with Crippen molar-refractivity contribution in [2.45, 2.75) is 6.54 Å². The molecular formula is C21H16N4S. The van der Waals surface area contributed by atoms with Gasteiger partial charge in [-0.05, 0) is 36.4 Å². The molecule has 0 aliphatic heterocycles. The van der Waals surface area contributed by atoms with Crippen LogP contribution in [0, 0.1) is 0 Å². The summed E-state index contributed by atoms with van der Waals surface area (Å²) in [6.45, 7) is 0.799. The molecule has 2 N–H and O–H groups in total. The van der Waals surface area contributed by atoms with Gasteiger partial charge in [-0.2, -0.15) is 0 Å². The van der Waals surface area contributed by atoms with Crippen molar-refractivity contribution in [2.75, 3.05) is 5.32 Å². The number of hydrogen-bond acceptors (Lipinski definition) is 4. The van der Waals surface area contributed by atoms with Gasteiger partial charge in [0.1, 0.15) is 5.65 Å². The van der Waals surface area contributed by atoms with Crippen LogP contribution in [0.25, 0.3) is 32.2 Å². The highest BCUT2D eigenvalue weighted by Gasteiger charge is 2.08. The molecule has 0 atom stereocenters. The van der Waals surface area contributed by atoms with Gasteiger partial charge in [0, 0.05) is 68.5 Å². The van der Waals surface area contributed by atoms with Crippen LogP contribution >= 0.6 is 11.3 Å². The average Bonchev–Trinajstić information content (AvgIpc) is 3.35. The molecule has 0 unspecified atom stereocenters. The van der Waals surface area contributed by atoms with Gasteiger partial charge in [-0.25, -0.2) is 4.98 Å². The predicted octanol–water partition coefficient (Wildman–Crippen LogP) is 5.45. The van der Waals surface area contributed by atoms with Crippen LogP contribution in [-0.2, 0) is 6.54 Å². The molecule has 0 aliphatic carbocycles. The van der Waals surface area contributed by atoms with Crippen LogP contribution in [0.4, 0.5) is 5.69 Å². The summed E-state index contributed by atoms with van der Waals surface area (Å²) in [6, 6.07) is 16.9. The second-order valence-electron chi connectivity index (χ2n) is 6.12. The first-order chi connectivity index (χ1) is 12.9. The molecule has 0 amide bonds. The molecule has 4 nitrogen and oxygen atoms in total. The fourth-order valence-electron chi connectivity index (χ4n) is 3.25. The molecule has 5 heteroatoms. The maximum atomic E-state index is 4.37. The SMILES string of the molecule is c1cc(NCc2ccc(-c3ccnc4[nH]ccc34)s2)c2ccncc2c1. The Morgan fingerprint density at radius 3 is 2.96 bits per heavy atom. The van der Waals surface area contributed by atoms with E-state index >= 15 is 0 Å². The van der Waals surface area contributed by atoms with Gasteiger partial charge in [-0.15, -0.1) is 11.3 Å². The second-order valence-corrected chi connectivity index (χ2v) is 7.29. The zero-order valence-corrected chi connectivity index (χ0v) is 14.8. The highest BCUT2D eigenvalue weighted by atomic mass is 32.1. The summed E-state index contributed by atoms with van der Waals surface area (Å²) in [5.74, 6) is 0. The third-order valence-corrected chi connectivity index (χ3v) is 5.64. The van der Waals surface area contributed by atoms with Gasteiger partial charge < -0.3 is 10.3 Å². The third-order valence-electron chi connectivity index (χ3n) is 4.52. The Balaban J connectivity index is 1.42. The lowest BCUT2D eigenvalue weighted by Crippen LogP contribution is -1.97. The van der Waals surface area contributed by atoms with Gasteiger partial charge in [0.05, 0.1) is 0 Å². The van der Waals surface area contributed by atoms with Gasteiger partial charge in [-0.3, -0.25) is 4.98 Å². The molecule has 0 aliphatic rings. The maximum Gasteiger partial charge on any atom is 0.137 e. The Bertz CT molecular complexity index is 1200. The number of pyridine rings is 2. The first-order valence-electron chi connectivity index (χ1n) is 8.46. The fraction of sp³-hybridized carbons (Fsp3) is 0.0476. The van der Waals surface area contributed by atoms with Crippen LogP contribution in [0.5, 0.6) is 0 Å². The van der Waals surface area contributed by atoms with Crippen molar-refractivity contribution in [3.05, 3.63) is 78.2 Å². The zero-order chi connectivity index (χ0) is 17.3. The van der Waals surface area contributed by atoms with Crippen molar-refractivity contribution in [1.29, 1.82) is 0 Å². The highest BCUT2D eigenvalue weighted by molar-refractivity contribution is 7.15. The van der Waals surface area contributed by atoms with Gasteiger partial charge in [-0.1, -0.05) is 12.1 Å². The summed E-state index contributed by atoms with van der Waals surface area (Å²) < 4.78 is 0. The molecule has 4 heterocycles. The standard InChI is InChI=1S/C21H16N4S/c1-2-14-12-22-9-6-16(14)19(3-1)25-13-15-4-5-20(26-15)17-7-10-23-21-18(17)8-11-24-21/h1-12,25H,13H2,(H,23,24). The number of aromatic amines is 1. The Kier molecular flexibility index (Phi) is 3.65. The maximum absolute atomic E-state index is 4.37. The minimum absolute atomic E-state index is 0.799. The minimum Gasteiger partial charge on any atom is -0.380 e. The highest BCUT2D eigenvalue weighted by Crippen LogP contribution is 2.33. The quantitative estimate of drug-likeness (QED) is 0.450. The number of hydrogen-bond donors (Lipinski definition) is 2. The van der Waals surface area contributed by atoms with E-state index in [-0.39, 0.29) is 0 Å². The van der Waals surface area contributed by atoms with E-state index in [4.69, 9.17) is 0 Å². The number of benzene rings is 1. The van der Waals surface area contributed by atoms with Gasteiger partial charge in [0.2, 0.25) is 0 Å². The predicted molar refractivity (Wildman–Crippen MR) is 108 cm³/mol. The smallest absolute Gasteiger partial charge is 0.137 e. The van der Waals surface area contributed by atoms with E-state index < -0.39 is 0 Å². The minimum atomic E-state index is 0.799. The summed E-state index contributed by atoms with van der Waals surface area (Å²) in [4.78, 5) is 14.3. The van der Waals surface area contributed by atoms with Crippen molar-refractivity contribution in [3.8, 4) is 10.4 Å². The van der Waals surface area contributed by atoms with E-state index in [1.807, 2.05) is 36.1 Å². The molecular weight excluding hydrogens is 340 g/mol. The Morgan fingerprint density at radius 1 is 0.962 bits per heavy atom. The lowest BCUT2D eigenvalue weighted by molar-refractivity contribution is 1.20. The van der Waals surface area contributed by atoms with Gasteiger partial charge >= 0.3 is 0 Å². The van der Waals surface area contributed by atoms with E-state index in [0.717, 1.165) is 28.7 Å². The van der Waals surface area contributed by atoms with E-state index in [0.29, 0.717) is 0 Å². The number of rotatable bonds is 4. The Morgan fingerprint density at radius 2 is 1.96 bits per heavy atom. The molecule has 1 aromatic carbocycles. The normalized spacial score (nSPS) is 11.2. The number of nitrogens with zero attached hydrogens (tertiary/aromatic N) is 2. The number of anilines is 1. The topological polar surface area (TPSA) is 53.6 Å². The summed E-state index contributed by atoms with van der Waals surface area (Å²) >= 11 is 1.81. The molecule has 5 aromatic rings. The van der Waals surface area contributed by atoms with Crippen LogP contribution < -0.4 is 5.32 Å². The number of H-pyrrole nitrogens is 1. The Labute approximate surface area is 154 Å². The van der Waals surface area contributed by atoms with Crippen LogP contribution in [0.3, 0.4) is 0 Å². The van der Waals surface area contributed by atoms with E-state index in [1.165, 1.54) is 20.7 Å². The molecule has 0 spiro atoms. The summed E-state index contributed by atoms with van der Waals surface area (Å²) in [5, 5.41) is 7.07. The molecule has 0 saturated heterocycles. The monoisotopic (exact) mass is 356 g/mol. The molecule has 0 fully saturated rings. The third kappa shape index (κ3) is 2.62. The van der Waals surface area contributed by atoms with Gasteiger partial charge in [0.15, 0.2) is 0 Å².